The Balaban J connectivity index is 2.70. The molecule has 0 spiro atoms. The van der Waals surface area contributed by atoms with Crippen LogP contribution in [0, 0.1) is 0 Å². The summed E-state index contributed by atoms with van der Waals surface area (Å²) < 4.78 is 0. The predicted octanol–water partition coefficient (Wildman–Crippen LogP) is 0.779. The smallest absolute Gasteiger partial charge is 0.327 e. The summed E-state index contributed by atoms with van der Waals surface area (Å²) >= 11 is 1.03. The number of benzene rings is 1. The largest absolute Gasteiger partial charge is 0.504 e. The molecule has 1 aromatic carbocycles. The van der Waals surface area contributed by atoms with Crippen LogP contribution in [0.4, 0.5) is 0 Å². The van der Waals surface area contributed by atoms with Crippen LogP contribution in [0.15, 0.2) is 23.1 Å². The number of thioether (sulfide) groups is 1. The van der Waals surface area contributed by atoms with E-state index in [0.29, 0.717) is 4.90 Å². The molecule has 1 aromatic rings. The molecule has 0 radical (unpaired) electrons. The van der Waals surface area contributed by atoms with Crippen molar-refractivity contribution in [2.75, 3.05) is 5.75 Å². The Hall–Kier alpha value is -1.89. The quantitative estimate of drug-likeness (QED) is 0.465. The van der Waals surface area contributed by atoms with Crippen LogP contribution >= 0.6 is 11.8 Å². The molecule has 0 heterocycles. The highest BCUT2D eigenvalue weighted by Crippen LogP contribution is 2.35. The molecule has 7 heteroatoms. The molecule has 4 N–H and O–H groups in total. The molecule has 1 unspecified atom stereocenters. The van der Waals surface area contributed by atoms with E-state index in [-0.39, 0.29) is 17.3 Å². The summed E-state index contributed by atoms with van der Waals surface area (Å²) in [5.74, 6) is -2.12. The Bertz CT molecular complexity index is 463. The highest BCUT2D eigenvalue weighted by molar-refractivity contribution is 7.99. The third-order valence-electron chi connectivity index (χ3n) is 2.06. The number of hydrogen-bond donors (Lipinski definition) is 4. The molecule has 0 aliphatic heterocycles. The predicted molar refractivity (Wildman–Crippen MR) is 65.7 cm³/mol. The van der Waals surface area contributed by atoms with Crippen LogP contribution in [-0.2, 0) is 9.59 Å². The van der Waals surface area contributed by atoms with Crippen LogP contribution < -0.4 is 5.32 Å². The number of carboxylic acids is 1. The molecular formula is C11H13NO5S. The third kappa shape index (κ3) is 3.85. The second kappa shape index (κ2) is 6.15. The average Bonchev–Trinajstić information content (AvgIpc) is 2.28. The molecule has 1 atom stereocenters. The van der Waals surface area contributed by atoms with Gasteiger partial charge in [-0.05, 0) is 12.1 Å². The number of phenols is 2. The zero-order chi connectivity index (χ0) is 13.7. The molecule has 1 rings (SSSR count). The first-order chi connectivity index (χ1) is 8.41. The topological polar surface area (TPSA) is 107 Å². The number of phenolic OH excluding ortho intramolecular Hbond substituents is 2. The molecule has 18 heavy (non-hydrogen) atoms. The molecule has 0 bridgehead atoms. The van der Waals surface area contributed by atoms with E-state index < -0.39 is 17.9 Å². The minimum absolute atomic E-state index is 0.0475. The van der Waals surface area contributed by atoms with Crippen molar-refractivity contribution in [3.63, 3.8) is 0 Å². The summed E-state index contributed by atoms with van der Waals surface area (Å²) in [4.78, 5) is 22.0. The fraction of sp³-hybridized carbons (Fsp3) is 0.273. The van der Waals surface area contributed by atoms with Crippen LogP contribution in [0.5, 0.6) is 11.5 Å². The van der Waals surface area contributed by atoms with Gasteiger partial charge in [-0.25, -0.2) is 4.79 Å². The van der Waals surface area contributed by atoms with Gasteiger partial charge in [0.1, 0.15) is 6.04 Å². The molecule has 0 saturated heterocycles. The van der Waals surface area contributed by atoms with Crippen molar-refractivity contribution in [2.45, 2.75) is 17.9 Å². The van der Waals surface area contributed by atoms with E-state index in [0.717, 1.165) is 11.8 Å². The SMILES string of the molecule is CC(=O)NC(CSc1cccc(O)c1O)C(=O)O. The van der Waals surface area contributed by atoms with Gasteiger partial charge in [-0.15, -0.1) is 11.8 Å². The maximum Gasteiger partial charge on any atom is 0.327 e. The standard InChI is InChI=1S/C11H13NO5S/c1-6(13)12-7(11(16)17)5-18-9-4-2-3-8(14)10(9)15/h2-4,7,14-15H,5H2,1H3,(H,12,13)(H,16,17). The third-order valence-corrected chi connectivity index (χ3v) is 3.20. The van der Waals surface area contributed by atoms with Gasteiger partial charge in [-0.1, -0.05) is 6.07 Å². The van der Waals surface area contributed by atoms with Crippen molar-refractivity contribution in [2.24, 2.45) is 0 Å². The molecule has 1 amide bonds. The lowest BCUT2D eigenvalue weighted by Crippen LogP contribution is -2.41. The molecule has 0 fully saturated rings. The van der Waals surface area contributed by atoms with Crippen LogP contribution in [-0.4, -0.2) is 39.0 Å². The van der Waals surface area contributed by atoms with Crippen LogP contribution in [0.1, 0.15) is 6.92 Å². The molecule has 0 saturated carbocycles. The van der Waals surface area contributed by atoms with Crippen LogP contribution in [0.3, 0.4) is 0 Å². The fourth-order valence-electron chi connectivity index (χ4n) is 1.22. The van der Waals surface area contributed by atoms with Crippen molar-refractivity contribution < 1.29 is 24.9 Å². The van der Waals surface area contributed by atoms with E-state index in [4.69, 9.17) is 5.11 Å². The minimum Gasteiger partial charge on any atom is -0.504 e. The Morgan fingerprint density at radius 1 is 1.39 bits per heavy atom. The highest BCUT2D eigenvalue weighted by atomic mass is 32.2. The number of rotatable bonds is 5. The lowest BCUT2D eigenvalue weighted by atomic mass is 10.3. The molecular weight excluding hydrogens is 258 g/mol. The van der Waals surface area contributed by atoms with Gasteiger partial charge in [-0.3, -0.25) is 4.79 Å². The Morgan fingerprint density at radius 2 is 2.06 bits per heavy atom. The fourth-order valence-corrected chi connectivity index (χ4v) is 2.21. The summed E-state index contributed by atoms with van der Waals surface area (Å²) in [5.41, 5.74) is 0. The van der Waals surface area contributed by atoms with Crippen molar-refractivity contribution in [3.8, 4) is 11.5 Å². The highest BCUT2D eigenvalue weighted by Gasteiger charge is 2.19. The Kier molecular flexibility index (Phi) is 4.85. The van der Waals surface area contributed by atoms with E-state index in [1.165, 1.54) is 19.1 Å². The zero-order valence-corrected chi connectivity index (χ0v) is 10.4. The molecule has 98 valence electrons. The van der Waals surface area contributed by atoms with E-state index >= 15 is 0 Å². The maximum absolute atomic E-state index is 10.9. The maximum atomic E-state index is 10.9. The van der Waals surface area contributed by atoms with Crippen molar-refractivity contribution in [1.82, 2.24) is 5.32 Å². The first kappa shape index (κ1) is 14.2. The van der Waals surface area contributed by atoms with Crippen LogP contribution in [0.25, 0.3) is 0 Å². The first-order valence-corrected chi connectivity index (χ1v) is 6.04. The van der Waals surface area contributed by atoms with Crippen molar-refractivity contribution >= 4 is 23.6 Å². The molecule has 0 aliphatic carbocycles. The Labute approximate surface area is 108 Å². The second-order valence-electron chi connectivity index (χ2n) is 3.53. The number of carboxylic acid groups (broad SMARTS) is 1. The minimum atomic E-state index is -1.16. The number of aliphatic carboxylic acids is 1. The number of hydrogen-bond acceptors (Lipinski definition) is 5. The normalized spacial score (nSPS) is 11.8. The van der Waals surface area contributed by atoms with Gasteiger partial charge >= 0.3 is 5.97 Å². The van der Waals surface area contributed by atoms with E-state index in [1.54, 1.807) is 6.07 Å². The number of nitrogens with one attached hydrogen (secondary N) is 1. The second-order valence-corrected chi connectivity index (χ2v) is 4.59. The summed E-state index contributed by atoms with van der Waals surface area (Å²) in [6, 6.07) is 3.36. The van der Waals surface area contributed by atoms with Crippen LogP contribution in [0.2, 0.25) is 0 Å². The van der Waals surface area contributed by atoms with E-state index in [1.807, 2.05) is 0 Å². The summed E-state index contributed by atoms with van der Waals surface area (Å²) in [5, 5.41) is 30.0. The zero-order valence-electron chi connectivity index (χ0n) is 9.58. The first-order valence-electron chi connectivity index (χ1n) is 5.05. The van der Waals surface area contributed by atoms with Gasteiger partial charge in [0, 0.05) is 12.7 Å². The van der Waals surface area contributed by atoms with Gasteiger partial charge < -0.3 is 20.6 Å². The van der Waals surface area contributed by atoms with E-state index in [2.05, 4.69) is 5.32 Å². The van der Waals surface area contributed by atoms with Gasteiger partial charge in [0.25, 0.3) is 0 Å². The molecule has 0 aromatic heterocycles. The summed E-state index contributed by atoms with van der Waals surface area (Å²) in [6.07, 6.45) is 0. The van der Waals surface area contributed by atoms with Crippen molar-refractivity contribution in [3.05, 3.63) is 18.2 Å². The summed E-state index contributed by atoms with van der Waals surface area (Å²) in [7, 11) is 0. The van der Waals surface area contributed by atoms with Gasteiger partial charge in [0.05, 0.1) is 4.90 Å². The van der Waals surface area contributed by atoms with Crippen molar-refractivity contribution in [1.29, 1.82) is 0 Å². The monoisotopic (exact) mass is 271 g/mol. The number of carbonyl (C=O) groups is 2. The van der Waals surface area contributed by atoms with E-state index in [9.17, 15) is 19.8 Å². The molecule has 6 nitrogen and oxygen atoms in total. The number of aromatic hydroxyl groups is 2. The number of para-hydroxylation sites is 1. The average molecular weight is 271 g/mol. The van der Waals surface area contributed by atoms with Gasteiger partial charge in [0.2, 0.25) is 5.91 Å². The Morgan fingerprint density at radius 3 is 2.61 bits per heavy atom. The number of amides is 1. The lowest BCUT2D eigenvalue weighted by molar-refractivity contribution is -0.140. The summed E-state index contributed by atoms with van der Waals surface area (Å²) in [6.45, 7) is 1.23. The lowest BCUT2D eigenvalue weighted by Gasteiger charge is -2.13. The van der Waals surface area contributed by atoms with Gasteiger partial charge in [-0.2, -0.15) is 0 Å². The molecule has 0 aliphatic rings. The van der Waals surface area contributed by atoms with Gasteiger partial charge in [0.15, 0.2) is 11.5 Å². The number of carbonyl (C=O) groups excluding carboxylic acids is 1.